The lowest BCUT2D eigenvalue weighted by Gasteiger charge is -2.20. The number of carbonyl (C=O) groups excluding carboxylic acids is 1. The maximum atomic E-state index is 13.5. The quantitative estimate of drug-likeness (QED) is 0.448. The Bertz CT molecular complexity index is 1270. The van der Waals surface area contributed by atoms with E-state index in [0.29, 0.717) is 16.4 Å². The van der Waals surface area contributed by atoms with E-state index in [0.717, 1.165) is 10.2 Å². The molecule has 0 saturated carbocycles. The number of pyridine rings is 1. The Kier molecular flexibility index (Phi) is 5.61. The number of fused-ring (bicyclic) bond motifs is 1. The van der Waals surface area contributed by atoms with E-state index >= 15 is 0 Å². The summed E-state index contributed by atoms with van der Waals surface area (Å²) in [6.07, 6.45) is 1.67. The molecule has 2 aromatic heterocycles. The van der Waals surface area contributed by atoms with Crippen LogP contribution in [-0.2, 0) is 16.4 Å². The van der Waals surface area contributed by atoms with Gasteiger partial charge in [-0.25, -0.2) is 13.4 Å². The normalized spacial score (nSPS) is 11.5. The maximum absolute atomic E-state index is 13.5. The number of hydrogen-bond donors (Lipinski definition) is 0. The zero-order valence-corrected chi connectivity index (χ0v) is 17.9. The van der Waals surface area contributed by atoms with Crippen molar-refractivity contribution in [2.24, 2.45) is 0 Å². The van der Waals surface area contributed by atoms with Gasteiger partial charge in [-0.15, -0.1) is 0 Å². The molecule has 2 heterocycles. The van der Waals surface area contributed by atoms with E-state index in [1.807, 2.05) is 42.5 Å². The third-order valence-electron chi connectivity index (χ3n) is 4.63. The molecule has 0 bridgehead atoms. The van der Waals surface area contributed by atoms with Crippen LogP contribution in [0, 0.1) is 0 Å². The average Bonchev–Trinajstić information content (AvgIpc) is 3.22. The molecule has 4 aromatic rings. The van der Waals surface area contributed by atoms with Crippen molar-refractivity contribution in [1.82, 2.24) is 9.97 Å². The van der Waals surface area contributed by atoms with Gasteiger partial charge in [-0.3, -0.25) is 14.7 Å². The topological polar surface area (TPSA) is 80.2 Å². The first-order valence-electron chi connectivity index (χ1n) is 9.38. The molecule has 30 heavy (non-hydrogen) atoms. The van der Waals surface area contributed by atoms with E-state index in [-0.39, 0.29) is 23.1 Å². The van der Waals surface area contributed by atoms with E-state index in [1.54, 1.807) is 30.2 Å². The monoisotopic (exact) mass is 437 g/mol. The van der Waals surface area contributed by atoms with Gasteiger partial charge >= 0.3 is 0 Å². The minimum atomic E-state index is -3.42. The van der Waals surface area contributed by atoms with Gasteiger partial charge in [-0.1, -0.05) is 42.5 Å². The van der Waals surface area contributed by atoms with E-state index < -0.39 is 9.84 Å². The molecule has 0 saturated heterocycles. The van der Waals surface area contributed by atoms with E-state index in [9.17, 15) is 13.2 Å². The van der Waals surface area contributed by atoms with Crippen molar-refractivity contribution < 1.29 is 13.2 Å². The smallest absolute Gasteiger partial charge is 0.260 e. The summed E-state index contributed by atoms with van der Waals surface area (Å²) < 4.78 is 25.5. The summed E-state index contributed by atoms with van der Waals surface area (Å²) in [7, 11) is -3.42. The third-order valence-corrected chi connectivity index (χ3v) is 7.42. The second-order valence-corrected chi connectivity index (χ2v) is 9.90. The number of aromatic nitrogens is 2. The van der Waals surface area contributed by atoms with Crippen LogP contribution in [0.15, 0.2) is 77.8 Å². The Labute approximate surface area is 178 Å². The summed E-state index contributed by atoms with van der Waals surface area (Å²) in [4.78, 5) is 24.1. The number of carbonyl (C=O) groups is 1. The molecule has 6 nitrogen and oxygen atoms in total. The molecule has 0 radical (unpaired) electrons. The lowest BCUT2D eigenvalue weighted by atomic mass is 10.2. The molecule has 0 spiro atoms. The number of hydrogen-bond acceptors (Lipinski definition) is 6. The van der Waals surface area contributed by atoms with Crippen LogP contribution < -0.4 is 4.90 Å². The molecule has 0 N–H and O–H groups in total. The summed E-state index contributed by atoms with van der Waals surface area (Å²) in [6.45, 7) is 1.81. The van der Waals surface area contributed by atoms with E-state index in [2.05, 4.69) is 9.97 Å². The molecule has 2 aromatic carbocycles. The molecule has 0 aliphatic carbocycles. The Morgan fingerprint density at radius 2 is 1.83 bits per heavy atom. The van der Waals surface area contributed by atoms with Crippen LogP contribution in [0.3, 0.4) is 0 Å². The lowest BCUT2D eigenvalue weighted by Crippen LogP contribution is -2.30. The van der Waals surface area contributed by atoms with Gasteiger partial charge in [-0.05, 0) is 42.5 Å². The highest BCUT2D eigenvalue weighted by Gasteiger charge is 2.23. The van der Waals surface area contributed by atoms with Gasteiger partial charge in [0.05, 0.1) is 33.1 Å². The Hall–Kier alpha value is -3.10. The molecule has 0 unspecified atom stereocenters. The lowest BCUT2D eigenvalue weighted by molar-refractivity contribution is 0.0984. The van der Waals surface area contributed by atoms with Crippen molar-refractivity contribution in [2.75, 3.05) is 10.7 Å². The number of anilines is 1. The molecule has 4 rings (SSSR count). The number of rotatable bonds is 6. The van der Waals surface area contributed by atoms with Crippen molar-refractivity contribution >= 4 is 42.4 Å². The van der Waals surface area contributed by atoms with Crippen molar-refractivity contribution in [3.63, 3.8) is 0 Å². The van der Waals surface area contributed by atoms with Crippen molar-refractivity contribution in [3.05, 3.63) is 84.2 Å². The van der Waals surface area contributed by atoms with Gasteiger partial charge in [0, 0.05) is 11.8 Å². The molecule has 8 heteroatoms. The second kappa shape index (κ2) is 8.33. The standard InChI is InChI=1S/C22H19N3O3S2/c1-2-30(27,28)18-10-7-8-16(14-18)21(26)25(15-17-9-5-6-13-23-17)22-24-19-11-3-4-12-20(19)29-22/h3-14H,2,15H2,1H3. The molecule has 0 atom stereocenters. The van der Waals surface area contributed by atoms with E-state index in [4.69, 9.17) is 0 Å². The third kappa shape index (κ3) is 4.10. The summed E-state index contributed by atoms with van der Waals surface area (Å²) in [5, 5.41) is 0.538. The summed E-state index contributed by atoms with van der Waals surface area (Å²) in [6, 6.07) is 19.3. The molecular weight excluding hydrogens is 418 g/mol. The van der Waals surface area contributed by atoms with Crippen molar-refractivity contribution in [3.8, 4) is 0 Å². The van der Waals surface area contributed by atoms with Crippen LogP contribution in [0.25, 0.3) is 10.2 Å². The molecule has 0 aliphatic heterocycles. The maximum Gasteiger partial charge on any atom is 0.260 e. The highest BCUT2D eigenvalue weighted by atomic mass is 32.2. The SMILES string of the molecule is CCS(=O)(=O)c1cccc(C(=O)N(Cc2ccccn2)c2nc3ccccc3s2)c1. The first-order valence-corrected chi connectivity index (χ1v) is 11.8. The summed E-state index contributed by atoms with van der Waals surface area (Å²) in [5.41, 5.74) is 1.81. The highest BCUT2D eigenvalue weighted by molar-refractivity contribution is 7.91. The van der Waals surface area contributed by atoms with Crippen LogP contribution in [-0.4, -0.2) is 30.0 Å². The highest BCUT2D eigenvalue weighted by Crippen LogP contribution is 2.30. The predicted octanol–water partition coefficient (Wildman–Crippen LogP) is 4.33. The Morgan fingerprint density at radius 1 is 1.03 bits per heavy atom. The van der Waals surface area contributed by atoms with Gasteiger partial charge < -0.3 is 0 Å². The minimum absolute atomic E-state index is 0.0276. The second-order valence-electron chi connectivity index (χ2n) is 6.61. The number of amides is 1. The van der Waals surface area contributed by atoms with Gasteiger partial charge in [0.2, 0.25) is 0 Å². The van der Waals surface area contributed by atoms with Crippen LogP contribution in [0.2, 0.25) is 0 Å². The molecule has 1 amide bonds. The summed E-state index contributed by atoms with van der Waals surface area (Å²) >= 11 is 1.41. The van der Waals surface area contributed by atoms with Crippen LogP contribution in [0.1, 0.15) is 23.0 Å². The molecular formula is C22H19N3O3S2. The van der Waals surface area contributed by atoms with Gasteiger partial charge in [0.25, 0.3) is 5.91 Å². The number of nitrogens with zero attached hydrogens (tertiary/aromatic N) is 3. The fourth-order valence-electron chi connectivity index (χ4n) is 3.00. The largest absolute Gasteiger partial charge is 0.278 e. The summed E-state index contributed by atoms with van der Waals surface area (Å²) in [5.74, 6) is -0.354. The van der Waals surface area contributed by atoms with E-state index in [1.165, 1.54) is 23.5 Å². The predicted molar refractivity (Wildman–Crippen MR) is 119 cm³/mol. The molecule has 0 aliphatic rings. The van der Waals surface area contributed by atoms with Crippen LogP contribution >= 0.6 is 11.3 Å². The zero-order valence-electron chi connectivity index (χ0n) is 16.2. The fourth-order valence-corrected chi connectivity index (χ4v) is 4.89. The first kappa shape index (κ1) is 20.2. The van der Waals surface area contributed by atoms with Crippen molar-refractivity contribution in [1.29, 1.82) is 0 Å². The number of benzene rings is 2. The Balaban J connectivity index is 1.77. The first-order chi connectivity index (χ1) is 14.5. The number of thiazole rings is 1. The minimum Gasteiger partial charge on any atom is -0.278 e. The molecule has 0 fully saturated rings. The number of sulfone groups is 1. The molecule has 152 valence electrons. The number of para-hydroxylation sites is 1. The van der Waals surface area contributed by atoms with Gasteiger partial charge in [0.1, 0.15) is 0 Å². The average molecular weight is 438 g/mol. The van der Waals surface area contributed by atoms with Crippen LogP contribution in [0.5, 0.6) is 0 Å². The van der Waals surface area contributed by atoms with Crippen LogP contribution in [0.4, 0.5) is 5.13 Å². The zero-order chi connectivity index (χ0) is 21.1. The Morgan fingerprint density at radius 3 is 2.57 bits per heavy atom. The fraction of sp³-hybridized carbons (Fsp3) is 0.136. The van der Waals surface area contributed by atoms with Crippen molar-refractivity contribution in [2.45, 2.75) is 18.4 Å². The van der Waals surface area contributed by atoms with Gasteiger partial charge in [0.15, 0.2) is 15.0 Å². The van der Waals surface area contributed by atoms with Gasteiger partial charge in [-0.2, -0.15) is 0 Å².